The first-order valence-corrected chi connectivity index (χ1v) is 8.81. The molecular weight excluding hydrogens is 346 g/mol. The minimum Gasteiger partial charge on any atom is -0.493 e. The van der Waals surface area contributed by atoms with Crippen molar-refractivity contribution >= 4 is 12.0 Å². The fraction of sp³-hybridized carbons (Fsp3) is 0.350. The van der Waals surface area contributed by atoms with Crippen LogP contribution in [-0.2, 0) is 4.79 Å². The molecule has 1 unspecified atom stereocenters. The summed E-state index contributed by atoms with van der Waals surface area (Å²) in [5.74, 6) is 1.72. The maximum atomic E-state index is 12.5. The molecule has 2 aromatic rings. The fourth-order valence-corrected chi connectivity index (χ4v) is 2.98. The van der Waals surface area contributed by atoms with Crippen molar-refractivity contribution in [3.8, 4) is 17.4 Å². The van der Waals surface area contributed by atoms with Gasteiger partial charge in [-0.15, -0.1) is 0 Å². The maximum Gasteiger partial charge on any atom is 0.246 e. The maximum absolute atomic E-state index is 12.5. The molecular formula is C20H23N3O4. The third kappa shape index (κ3) is 4.97. The number of carbonyl (C=O) groups is 1. The number of carbonyl (C=O) groups excluding carboxylic acids is 1. The van der Waals surface area contributed by atoms with Gasteiger partial charge < -0.3 is 19.1 Å². The predicted octanol–water partition coefficient (Wildman–Crippen LogP) is 2.58. The van der Waals surface area contributed by atoms with Crippen molar-refractivity contribution in [2.24, 2.45) is 0 Å². The van der Waals surface area contributed by atoms with E-state index in [4.69, 9.17) is 14.2 Å². The van der Waals surface area contributed by atoms with E-state index in [1.807, 2.05) is 18.2 Å². The van der Waals surface area contributed by atoms with Gasteiger partial charge in [-0.2, -0.15) is 0 Å². The van der Waals surface area contributed by atoms with Crippen molar-refractivity contribution < 1.29 is 19.0 Å². The van der Waals surface area contributed by atoms with E-state index in [1.54, 1.807) is 49.9 Å². The van der Waals surface area contributed by atoms with Crippen LogP contribution in [0.3, 0.4) is 0 Å². The molecule has 0 radical (unpaired) electrons. The van der Waals surface area contributed by atoms with Crippen LogP contribution in [0.15, 0.2) is 42.9 Å². The molecule has 0 saturated carbocycles. The Morgan fingerprint density at radius 2 is 2.07 bits per heavy atom. The minimum atomic E-state index is -0.0751. The molecule has 0 aliphatic carbocycles. The summed E-state index contributed by atoms with van der Waals surface area (Å²) in [4.78, 5) is 22.5. The lowest BCUT2D eigenvalue weighted by molar-refractivity contribution is -0.128. The van der Waals surface area contributed by atoms with Gasteiger partial charge in [0.25, 0.3) is 0 Å². The Hall–Kier alpha value is -3.09. The van der Waals surface area contributed by atoms with Gasteiger partial charge in [-0.05, 0) is 36.6 Å². The Labute approximate surface area is 158 Å². The first-order chi connectivity index (χ1) is 13.2. The van der Waals surface area contributed by atoms with Crippen LogP contribution in [0, 0.1) is 0 Å². The van der Waals surface area contributed by atoms with Crippen LogP contribution < -0.4 is 14.2 Å². The second-order valence-corrected chi connectivity index (χ2v) is 6.16. The number of piperidine rings is 1. The molecule has 1 aromatic heterocycles. The lowest BCUT2D eigenvalue weighted by atomic mass is 10.1. The number of hydrogen-bond donors (Lipinski definition) is 0. The zero-order valence-corrected chi connectivity index (χ0v) is 15.5. The van der Waals surface area contributed by atoms with Gasteiger partial charge in [0.2, 0.25) is 11.8 Å². The van der Waals surface area contributed by atoms with E-state index in [1.165, 1.54) is 0 Å². The van der Waals surface area contributed by atoms with Gasteiger partial charge in [-0.25, -0.2) is 4.98 Å². The topological polar surface area (TPSA) is 73.8 Å². The molecule has 0 N–H and O–H groups in total. The summed E-state index contributed by atoms with van der Waals surface area (Å²) in [6.45, 7) is 1.25. The number of hydrogen-bond acceptors (Lipinski definition) is 6. The summed E-state index contributed by atoms with van der Waals surface area (Å²) >= 11 is 0. The van der Waals surface area contributed by atoms with Gasteiger partial charge in [-0.3, -0.25) is 9.78 Å². The van der Waals surface area contributed by atoms with Crippen LogP contribution >= 0.6 is 0 Å². The van der Waals surface area contributed by atoms with Gasteiger partial charge in [0.15, 0.2) is 11.5 Å². The minimum absolute atomic E-state index is 0.0442. The summed E-state index contributed by atoms with van der Waals surface area (Å²) in [5.41, 5.74) is 0.866. The van der Waals surface area contributed by atoms with Crippen LogP contribution in [0.25, 0.3) is 6.08 Å². The first kappa shape index (κ1) is 18.7. The van der Waals surface area contributed by atoms with E-state index in [0.29, 0.717) is 23.9 Å². The number of methoxy groups -OCH3 is 2. The SMILES string of the molecule is COc1ccc(/C=C/C(=O)N2CCCC(Oc3cnccn3)C2)cc1OC. The highest BCUT2D eigenvalue weighted by Gasteiger charge is 2.24. The third-order valence-corrected chi connectivity index (χ3v) is 4.34. The Morgan fingerprint density at radius 1 is 1.22 bits per heavy atom. The monoisotopic (exact) mass is 369 g/mol. The number of aromatic nitrogens is 2. The molecule has 1 aliphatic rings. The van der Waals surface area contributed by atoms with Crippen molar-refractivity contribution in [3.05, 3.63) is 48.4 Å². The highest BCUT2D eigenvalue weighted by Crippen LogP contribution is 2.28. The number of likely N-dealkylation sites (tertiary alicyclic amines) is 1. The van der Waals surface area contributed by atoms with Gasteiger partial charge in [0.05, 0.1) is 27.0 Å². The van der Waals surface area contributed by atoms with Crippen molar-refractivity contribution in [2.45, 2.75) is 18.9 Å². The van der Waals surface area contributed by atoms with Gasteiger partial charge in [-0.1, -0.05) is 6.07 Å². The highest BCUT2D eigenvalue weighted by atomic mass is 16.5. The molecule has 1 aliphatic heterocycles. The Balaban J connectivity index is 1.61. The summed E-state index contributed by atoms with van der Waals surface area (Å²) in [7, 11) is 3.17. The number of benzene rings is 1. The van der Waals surface area contributed by atoms with Crippen LogP contribution in [-0.4, -0.2) is 54.2 Å². The molecule has 1 aromatic carbocycles. The van der Waals surface area contributed by atoms with Gasteiger partial charge in [0, 0.05) is 25.0 Å². The van der Waals surface area contributed by atoms with Gasteiger partial charge >= 0.3 is 0 Å². The third-order valence-electron chi connectivity index (χ3n) is 4.34. The second-order valence-electron chi connectivity index (χ2n) is 6.16. The molecule has 27 heavy (non-hydrogen) atoms. The molecule has 1 saturated heterocycles. The van der Waals surface area contributed by atoms with Crippen LogP contribution in [0.1, 0.15) is 18.4 Å². The van der Waals surface area contributed by atoms with Crippen molar-refractivity contribution in [3.63, 3.8) is 0 Å². The molecule has 1 atom stereocenters. The smallest absolute Gasteiger partial charge is 0.246 e. The largest absolute Gasteiger partial charge is 0.493 e. The van der Waals surface area contributed by atoms with Crippen LogP contribution in [0.2, 0.25) is 0 Å². The summed E-state index contributed by atoms with van der Waals surface area (Å²) in [6.07, 6.45) is 9.82. The normalized spacial score (nSPS) is 17.0. The van der Waals surface area contributed by atoms with Crippen LogP contribution in [0.5, 0.6) is 17.4 Å². The van der Waals surface area contributed by atoms with E-state index in [9.17, 15) is 4.79 Å². The summed E-state index contributed by atoms with van der Waals surface area (Å²) < 4.78 is 16.3. The van der Waals surface area contributed by atoms with E-state index < -0.39 is 0 Å². The quantitative estimate of drug-likeness (QED) is 0.729. The molecule has 0 bridgehead atoms. The van der Waals surface area contributed by atoms with E-state index in [0.717, 1.165) is 24.9 Å². The Kier molecular flexibility index (Phi) is 6.25. The second kappa shape index (κ2) is 9.02. The van der Waals surface area contributed by atoms with Crippen LogP contribution in [0.4, 0.5) is 0 Å². The van der Waals surface area contributed by atoms with E-state index in [-0.39, 0.29) is 12.0 Å². The molecule has 142 valence electrons. The number of nitrogens with zero attached hydrogens (tertiary/aromatic N) is 3. The molecule has 3 rings (SSSR count). The predicted molar refractivity (Wildman–Crippen MR) is 101 cm³/mol. The fourth-order valence-electron chi connectivity index (χ4n) is 2.98. The number of rotatable bonds is 6. The van der Waals surface area contributed by atoms with Crippen molar-refractivity contribution in [2.75, 3.05) is 27.3 Å². The summed E-state index contributed by atoms with van der Waals surface area (Å²) in [6, 6.07) is 5.52. The van der Waals surface area contributed by atoms with Crippen molar-refractivity contribution in [1.29, 1.82) is 0 Å². The average Bonchev–Trinajstić information content (AvgIpc) is 2.72. The molecule has 2 heterocycles. The lowest BCUT2D eigenvalue weighted by Crippen LogP contribution is -2.43. The standard InChI is InChI=1S/C20H23N3O4/c1-25-17-7-5-15(12-18(17)26-2)6-8-20(24)23-11-3-4-16(14-23)27-19-13-21-9-10-22-19/h5-10,12-13,16H,3-4,11,14H2,1-2H3/b8-6+. The van der Waals surface area contributed by atoms with Crippen molar-refractivity contribution in [1.82, 2.24) is 14.9 Å². The first-order valence-electron chi connectivity index (χ1n) is 8.81. The number of amides is 1. The Bertz CT molecular complexity index is 795. The zero-order chi connectivity index (χ0) is 19.1. The molecule has 7 heteroatoms. The van der Waals surface area contributed by atoms with Gasteiger partial charge in [0.1, 0.15) is 6.10 Å². The van der Waals surface area contributed by atoms with E-state index >= 15 is 0 Å². The highest BCUT2D eigenvalue weighted by molar-refractivity contribution is 5.92. The summed E-state index contributed by atoms with van der Waals surface area (Å²) in [5, 5.41) is 0. The molecule has 1 amide bonds. The molecule has 0 spiro atoms. The zero-order valence-electron chi connectivity index (χ0n) is 15.5. The average molecular weight is 369 g/mol. The van der Waals surface area contributed by atoms with E-state index in [2.05, 4.69) is 9.97 Å². The number of ether oxygens (including phenoxy) is 3. The molecule has 7 nitrogen and oxygen atoms in total. The Morgan fingerprint density at radius 3 is 2.81 bits per heavy atom. The lowest BCUT2D eigenvalue weighted by Gasteiger charge is -2.31. The molecule has 1 fully saturated rings.